The molecule has 1 N–H and O–H groups in total. The number of anilines is 2. The van der Waals surface area contributed by atoms with Crippen LogP contribution in [0.4, 0.5) is 10.8 Å². The fourth-order valence-corrected chi connectivity index (χ4v) is 4.77. The number of aromatic nitrogens is 2. The number of piperazine rings is 1. The maximum Gasteiger partial charge on any atom is 0.257 e. The van der Waals surface area contributed by atoms with Gasteiger partial charge in [0.25, 0.3) is 5.91 Å². The molecule has 1 aromatic heterocycles. The highest BCUT2D eigenvalue weighted by atomic mass is 35.5. The van der Waals surface area contributed by atoms with E-state index in [1.54, 1.807) is 12.1 Å². The minimum Gasteiger partial charge on any atom is -0.493 e. The SMILES string of the molecule is COc1cc(C(=O)Nc2nnc(CCN3CCN(c4ccc(Cl)cc4)CC3)s2)cc(OC)c1OC. The number of rotatable bonds is 9. The van der Waals surface area contributed by atoms with Crippen molar-refractivity contribution in [2.75, 3.05) is 64.3 Å². The molecule has 1 saturated heterocycles. The first kappa shape index (κ1) is 25.0. The minimum atomic E-state index is -0.328. The molecular formula is C24H28ClN5O4S. The predicted octanol–water partition coefficient (Wildman–Crippen LogP) is 3.83. The van der Waals surface area contributed by atoms with Crippen molar-refractivity contribution < 1.29 is 19.0 Å². The Bertz CT molecular complexity index is 1120. The number of amides is 1. The van der Waals surface area contributed by atoms with Gasteiger partial charge in [-0.3, -0.25) is 15.0 Å². The van der Waals surface area contributed by atoms with E-state index in [1.165, 1.54) is 38.4 Å². The molecule has 0 aliphatic carbocycles. The quantitative estimate of drug-likeness (QED) is 0.458. The molecule has 0 saturated carbocycles. The highest BCUT2D eigenvalue weighted by Gasteiger charge is 2.20. The minimum absolute atomic E-state index is 0.328. The molecule has 2 heterocycles. The lowest BCUT2D eigenvalue weighted by molar-refractivity contribution is 0.102. The number of nitrogens with one attached hydrogen (secondary N) is 1. The number of hydrogen-bond acceptors (Lipinski definition) is 9. The van der Waals surface area contributed by atoms with Crippen molar-refractivity contribution in [3.8, 4) is 17.2 Å². The summed E-state index contributed by atoms with van der Waals surface area (Å²) in [6, 6.07) is 11.2. The average molecular weight is 518 g/mol. The van der Waals surface area contributed by atoms with Gasteiger partial charge in [-0.15, -0.1) is 10.2 Å². The first-order valence-electron chi connectivity index (χ1n) is 11.2. The van der Waals surface area contributed by atoms with Gasteiger partial charge in [0.05, 0.1) is 21.3 Å². The van der Waals surface area contributed by atoms with Gasteiger partial charge in [0.1, 0.15) is 5.01 Å². The smallest absolute Gasteiger partial charge is 0.257 e. The lowest BCUT2D eigenvalue weighted by atomic mass is 10.1. The molecule has 0 atom stereocenters. The van der Waals surface area contributed by atoms with Gasteiger partial charge in [-0.1, -0.05) is 22.9 Å². The number of ether oxygens (including phenoxy) is 3. The summed E-state index contributed by atoms with van der Waals surface area (Å²) in [5.74, 6) is 0.918. The first-order valence-corrected chi connectivity index (χ1v) is 12.4. The van der Waals surface area contributed by atoms with Crippen LogP contribution in [0.3, 0.4) is 0 Å². The van der Waals surface area contributed by atoms with Crippen molar-refractivity contribution in [2.24, 2.45) is 0 Å². The van der Waals surface area contributed by atoms with E-state index in [9.17, 15) is 4.79 Å². The van der Waals surface area contributed by atoms with Crippen LogP contribution in [-0.2, 0) is 6.42 Å². The third-order valence-electron chi connectivity index (χ3n) is 5.82. The Morgan fingerprint density at radius 2 is 1.66 bits per heavy atom. The Morgan fingerprint density at radius 1 is 1.00 bits per heavy atom. The van der Waals surface area contributed by atoms with E-state index in [1.807, 2.05) is 12.1 Å². The van der Waals surface area contributed by atoms with Gasteiger partial charge in [-0.2, -0.15) is 0 Å². The van der Waals surface area contributed by atoms with E-state index in [2.05, 4.69) is 37.4 Å². The number of carbonyl (C=O) groups is 1. The molecule has 4 rings (SSSR count). The van der Waals surface area contributed by atoms with Gasteiger partial charge in [0, 0.05) is 55.4 Å². The van der Waals surface area contributed by atoms with E-state index in [0.717, 1.165) is 49.2 Å². The number of hydrogen-bond donors (Lipinski definition) is 1. The third-order valence-corrected chi connectivity index (χ3v) is 6.97. The van der Waals surface area contributed by atoms with Crippen molar-refractivity contribution in [2.45, 2.75) is 6.42 Å². The van der Waals surface area contributed by atoms with Crippen molar-refractivity contribution in [1.82, 2.24) is 15.1 Å². The summed E-state index contributed by atoms with van der Waals surface area (Å²) in [6.07, 6.45) is 0.776. The molecule has 1 aliphatic heterocycles. The molecule has 1 amide bonds. The Morgan fingerprint density at radius 3 is 2.26 bits per heavy atom. The second-order valence-corrected chi connectivity index (χ2v) is 9.42. The van der Waals surface area contributed by atoms with Crippen LogP contribution >= 0.6 is 22.9 Å². The highest BCUT2D eigenvalue weighted by molar-refractivity contribution is 7.15. The van der Waals surface area contributed by atoms with Crippen LogP contribution in [-0.4, -0.2) is 75.1 Å². The summed E-state index contributed by atoms with van der Waals surface area (Å²) in [7, 11) is 4.53. The summed E-state index contributed by atoms with van der Waals surface area (Å²) >= 11 is 7.37. The Kier molecular flexibility index (Phi) is 8.27. The summed E-state index contributed by atoms with van der Waals surface area (Å²) in [5, 5.41) is 13.3. The third kappa shape index (κ3) is 6.14. The molecule has 35 heavy (non-hydrogen) atoms. The fourth-order valence-electron chi connectivity index (χ4n) is 3.92. The van der Waals surface area contributed by atoms with Crippen LogP contribution in [0.15, 0.2) is 36.4 Å². The zero-order valence-electron chi connectivity index (χ0n) is 19.9. The van der Waals surface area contributed by atoms with Crippen molar-refractivity contribution in [3.63, 3.8) is 0 Å². The molecule has 2 aromatic carbocycles. The molecule has 3 aromatic rings. The molecule has 0 spiro atoms. The molecule has 11 heteroatoms. The summed E-state index contributed by atoms with van der Waals surface area (Å²) < 4.78 is 16.0. The Balaban J connectivity index is 1.29. The second kappa shape index (κ2) is 11.6. The first-order chi connectivity index (χ1) is 17.0. The molecular weight excluding hydrogens is 490 g/mol. The maximum absolute atomic E-state index is 12.8. The van der Waals surface area contributed by atoms with E-state index in [4.69, 9.17) is 25.8 Å². The molecule has 0 radical (unpaired) electrons. The molecule has 186 valence electrons. The Labute approximate surface area is 213 Å². The second-order valence-electron chi connectivity index (χ2n) is 7.92. The van der Waals surface area contributed by atoms with E-state index < -0.39 is 0 Å². The van der Waals surface area contributed by atoms with Crippen molar-refractivity contribution >= 4 is 39.7 Å². The number of benzene rings is 2. The summed E-state index contributed by atoms with van der Waals surface area (Å²) in [5.41, 5.74) is 1.57. The molecule has 9 nitrogen and oxygen atoms in total. The maximum atomic E-state index is 12.8. The predicted molar refractivity (Wildman–Crippen MR) is 138 cm³/mol. The van der Waals surface area contributed by atoms with Gasteiger partial charge < -0.3 is 19.1 Å². The highest BCUT2D eigenvalue weighted by Crippen LogP contribution is 2.38. The fraction of sp³-hybridized carbons (Fsp3) is 0.375. The van der Waals surface area contributed by atoms with E-state index >= 15 is 0 Å². The van der Waals surface area contributed by atoms with E-state index in [-0.39, 0.29) is 5.91 Å². The number of methoxy groups -OCH3 is 3. The molecule has 0 unspecified atom stereocenters. The number of halogens is 1. The number of carbonyl (C=O) groups excluding carboxylic acids is 1. The van der Waals surface area contributed by atoms with Gasteiger partial charge >= 0.3 is 0 Å². The Hall–Kier alpha value is -3.08. The van der Waals surface area contributed by atoms with Gasteiger partial charge in [-0.25, -0.2) is 0 Å². The molecule has 1 fully saturated rings. The largest absolute Gasteiger partial charge is 0.493 e. The summed E-state index contributed by atoms with van der Waals surface area (Å²) in [4.78, 5) is 17.6. The van der Waals surface area contributed by atoms with E-state index in [0.29, 0.717) is 27.9 Å². The standard InChI is InChI=1S/C24H28ClN5O4S/c1-32-19-14-16(15-20(33-2)22(19)34-3)23(31)26-24-28-27-21(35-24)8-9-29-10-12-30(13-11-29)18-6-4-17(25)5-7-18/h4-7,14-15H,8-13H2,1-3H3,(H,26,28,31). The topological polar surface area (TPSA) is 89.0 Å². The van der Waals surface area contributed by atoms with Gasteiger partial charge in [0.15, 0.2) is 11.5 Å². The van der Waals surface area contributed by atoms with Crippen LogP contribution in [0, 0.1) is 0 Å². The lowest BCUT2D eigenvalue weighted by Crippen LogP contribution is -2.46. The lowest BCUT2D eigenvalue weighted by Gasteiger charge is -2.36. The zero-order valence-corrected chi connectivity index (χ0v) is 21.5. The van der Waals surface area contributed by atoms with Gasteiger partial charge in [-0.05, 0) is 36.4 Å². The van der Waals surface area contributed by atoms with Crippen molar-refractivity contribution in [1.29, 1.82) is 0 Å². The molecule has 1 aliphatic rings. The summed E-state index contributed by atoms with van der Waals surface area (Å²) in [6.45, 7) is 4.78. The van der Waals surface area contributed by atoms with Crippen LogP contribution < -0.4 is 24.4 Å². The average Bonchev–Trinajstić information content (AvgIpc) is 3.34. The van der Waals surface area contributed by atoms with Crippen LogP contribution in [0.1, 0.15) is 15.4 Å². The van der Waals surface area contributed by atoms with Crippen molar-refractivity contribution in [3.05, 3.63) is 52.0 Å². The van der Waals surface area contributed by atoms with Crippen LogP contribution in [0.2, 0.25) is 5.02 Å². The van der Waals surface area contributed by atoms with Gasteiger partial charge in [0.2, 0.25) is 10.9 Å². The number of nitrogens with zero attached hydrogens (tertiary/aromatic N) is 4. The normalized spacial score (nSPS) is 14.0. The monoisotopic (exact) mass is 517 g/mol. The van der Waals surface area contributed by atoms with Crippen LogP contribution in [0.25, 0.3) is 0 Å². The molecule has 0 bridgehead atoms. The zero-order chi connectivity index (χ0) is 24.8. The van der Waals surface area contributed by atoms with Crippen LogP contribution in [0.5, 0.6) is 17.2 Å².